The lowest BCUT2D eigenvalue weighted by molar-refractivity contribution is 0.0782. The van der Waals surface area contributed by atoms with Crippen LogP contribution in [0.2, 0.25) is 0 Å². The van der Waals surface area contributed by atoms with Gasteiger partial charge in [-0.3, -0.25) is 0 Å². The van der Waals surface area contributed by atoms with Gasteiger partial charge in [-0.1, -0.05) is 6.92 Å². The Hall–Kier alpha value is -0.870. The lowest BCUT2D eigenvalue weighted by Crippen LogP contribution is -2.17. The predicted molar refractivity (Wildman–Crippen MR) is 63.4 cm³/mol. The van der Waals surface area contributed by atoms with Crippen molar-refractivity contribution in [1.82, 2.24) is 15.3 Å². The second-order valence-corrected chi connectivity index (χ2v) is 4.38. The molecule has 1 unspecified atom stereocenters. The van der Waals surface area contributed by atoms with E-state index in [1.54, 1.807) is 0 Å². The summed E-state index contributed by atoms with van der Waals surface area (Å²) in [5, 5.41) is 3.37. The highest BCUT2D eigenvalue weighted by atomic mass is 16.5. The molecule has 4 nitrogen and oxygen atoms in total. The summed E-state index contributed by atoms with van der Waals surface area (Å²) in [4.78, 5) is 7.83. The highest BCUT2D eigenvalue weighted by Gasteiger charge is 2.18. The first-order chi connectivity index (χ1) is 7.90. The minimum absolute atomic E-state index is 0.466. The van der Waals surface area contributed by atoms with E-state index in [9.17, 15) is 0 Å². The minimum Gasteiger partial charge on any atom is -0.381 e. The zero-order chi connectivity index (χ0) is 11.2. The Morgan fingerprint density at radius 2 is 2.56 bits per heavy atom. The number of nitrogens with one attached hydrogen (secondary N) is 2. The first-order valence-electron chi connectivity index (χ1n) is 6.22. The van der Waals surface area contributed by atoms with E-state index in [0.717, 1.165) is 45.0 Å². The second kappa shape index (κ2) is 6.01. The molecule has 1 fully saturated rings. The lowest BCUT2D eigenvalue weighted by Gasteiger charge is -2.19. The van der Waals surface area contributed by atoms with Crippen LogP contribution in [-0.2, 0) is 11.3 Å². The van der Waals surface area contributed by atoms with Crippen molar-refractivity contribution in [3.8, 4) is 0 Å². The number of imidazole rings is 1. The van der Waals surface area contributed by atoms with Gasteiger partial charge >= 0.3 is 0 Å². The summed E-state index contributed by atoms with van der Waals surface area (Å²) in [5.74, 6) is 1.56. The first-order valence-corrected chi connectivity index (χ1v) is 6.22. The number of nitrogens with zero attached hydrogens (tertiary/aromatic N) is 1. The molecule has 16 heavy (non-hydrogen) atoms. The van der Waals surface area contributed by atoms with E-state index in [1.807, 2.05) is 6.20 Å². The summed E-state index contributed by atoms with van der Waals surface area (Å²) < 4.78 is 5.47. The maximum Gasteiger partial charge on any atom is 0.111 e. The van der Waals surface area contributed by atoms with Crippen LogP contribution in [0.15, 0.2) is 6.20 Å². The van der Waals surface area contributed by atoms with Crippen LogP contribution in [-0.4, -0.2) is 29.7 Å². The molecule has 2 N–H and O–H groups in total. The smallest absolute Gasteiger partial charge is 0.111 e. The second-order valence-electron chi connectivity index (χ2n) is 4.38. The minimum atomic E-state index is 0.466. The Balaban J connectivity index is 1.85. The fourth-order valence-electron chi connectivity index (χ4n) is 2.03. The molecule has 0 radical (unpaired) electrons. The molecule has 0 aliphatic carbocycles. The number of hydrogen-bond donors (Lipinski definition) is 2. The van der Waals surface area contributed by atoms with E-state index >= 15 is 0 Å². The number of aromatic amines is 1. The van der Waals surface area contributed by atoms with Gasteiger partial charge in [-0.15, -0.1) is 0 Å². The Morgan fingerprint density at radius 3 is 3.31 bits per heavy atom. The van der Waals surface area contributed by atoms with Gasteiger partial charge in [0, 0.05) is 31.0 Å². The van der Waals surface area contributed by atoms with Crippen molar-refractivity contribution in [1.29, 1.82) is 0 Å². The van der Waals surface area contributed by atoms with Gasteiger partial charge in [0.25, 0.3) is 0 Å². The summed E-state index contributed by atoms with van der Waals surface area (Å²) >= 11 is 0. The van der Waals surface area contributed by atoms with Crippen LogP contribution in [0, 0.1) is 0 Å². The van der Waals surface area contributed by atoms with Crippen molar-refractivity contribution in [2.75, 3.05) is 19.8 Å². The van der Waals surface area contributed by atoms with Crippen LogP contribution < -0.4 is 5.32 Å². The van der Waals surface area contributed by atoms with Crippen molar-refractivity contribution < 1.29 is 4.74 Å². The van der Waals surface area contributed by atoms with Crippen LogP contribution in [0.1, 0.15) is 43.6 Å². The molecular formula is C12H21N3O. The van der Waals surface area contributed by atoms with Gasteiger partial charge in [0.15, 0.2) is 0 Å². The fourth-order valence-corrected chi connectivity index (χ4v) is 2.03. The molecule has 2 heterocycles. The molecule has 1 aliphatic heterocycles. The first kappa shape index (κ1) is 11.6. The highest BCUT2D eigenvalue weighted by molar-refractivity contribution is 5.06. The van der Waals surface area contributed by atoms with Gasteiger partial charge in [-0.25, -0.2) is 4.98 Å². The van der Waals surface area contributed by atoms with E-state index < -0.39 is 0 Å². The summed E-state index contributed by atoms with van der Waals surface area (Å²) in [6, 6.07) is 0. The number of hydrogen-bond acceptors (Lipinski definition) is 3. The Labute approximate surface area is 96.8 Å². The van der Waals surface area contributed by atoms with E-state index in [0.29, 0.717) is 5.92 Å². The molecule has 2 rings (SSSR count). The lowest BCUT2D eigenvalue weighted by atomic mass is 10.0. The molecule has 0 spiro atoms. The van der Waals surface area contributed by atoms with Gasteiger partial charge in [-0.05, 0) is 25.8 Å². The van der Waals surface area contributed by atoms with Crippen LogP contribution in [0.3, 0.4) is 0 Å². The summed E-state index contributed by atoms with van der Waals surface area (Å²) in [7, 11) is 0. The van der Waals surface area contributed by atoms with Crippen LogP contribution >= 0.6 is 0 Å². The fraction of sp³-hybridized carbons (Fsp3) is 0.750. The van der Waals surface area contributed by atoms with E-state index in [2.05, 4.69) is 22.2 Å². The normalized spacial score (nSPS) is 21.2. The van der Waals surface area contributed by atoms with Crippen LogP contribution in [0.25, 0.3) is 0 Å². The monoisotopic (exact) mass is 223 g/mol. The van der Waals surface area contributed by atoms with Gasteiger partial charge in [-0.2, -0.15) is 0 Å². The van der Waals surface area contributed by atoms with Gasteiger partial charge in [0.1, 0.15) is 5.82 Å². The summed E-state index contributed by atoms with van der Waals surface area (Å²) in [6.07, 6.45) is 5.44. The summed E-state index contributed by atoms with van der Waals surface area (Å²) in [6.45, 7) is 5.83. The van der Waals surface area contributed by atoms with E-state index in [-0.39, 0.29) is 0 Å². The van der Waals surface area contributed by atoms with E-state index in [1.165, 1.54) is 12.1 Å². The van der Waals surface area contributed by atoms with Crippen molar-refractivity contribution >= 4 is 0 Å². The average molecular weight is 223 g/mol. The van der Waals surface area contributed by atoms with Crippen molar-refractivity contribution in [2.24, 2.45) is 0 Å². The Morgan fingerprint density at radius 1 is 1.62 bits per heavy atom. The third-order valence-corrected chi connectivity index (χ3v) is 2.94. The highest BCUT2D eigenvalue weighted by Crippen LogP contribution is 2.22. The third kappa shape index (κ3) is 3.06. The number of aromatic nitrogens is 2. The zero-order valence-electron chi connectivity index (χ0n) is 9.96. The van der Waals surface area contributed by atoms with Crippen LogP contribution in [0.5, 0.6) is 0 Å². The number of ether oxygens (including phenoxy) is 1. The number of H-pyrrole nitrogens is 1. The molecule has 90 valence electrons. The van der Waals surface area contributed by atoms with Gasteiger partial charge in [0.05, 0.1) is 6.61 Å². The van der Waals surface area contributed by atoms with Gasteiger partial charge < -0.3 is 15.0 Å². The van der Waals surface area contributed by atoms with Crippen LogP contribution in [0.4, 0.5) is 0 Å². The number of rotatable bonds is 5. The molecule has 0 saturated carbocycles. The molecular weight excluding hydrogens is 202 g/mol. The van der Waals surface area contributed by atoms with Gasteiger partial charge in [0.2, 0.25) is 0 Å². The quantitative estimate of drug-likeness (QED) is 0.748. The molecule has 1 saturated heterocycles. The summed E-state index contributed by atoms with van der Waals surface area (Å²) in [5.41, 5.74) is 1.18. The molecule has 4 heteroatoms. The molecule has 0 aromatic carbocycles. The Kier molecular flexibility index (Phi) is 4.36. The molecule has 0 bridgehead atoms. The molecule has 1 atom stereocenters. The molecule has 0 amide bonds. The third-order valence-electron chi connectivity index (χ3n) is 2.94. The average Bonchev–Trinajstić information content (AvgIpc) is 2.79. The molecule has 1 aliphatic rings. The van der Waals surface area contributed by atoms with E-state index in [4.69, 9.17) is 4.74 Å². The standard InChI is InChI=1S/C12H21N3O/c1-2-5-13-7-11-8-14-12(15-11)10-4-3-6-16-9-10/h8,10,13H,2-7,9H2,1H3,(H,14,15). The predicted octanol–water partition coefficient (Wildman–Crippen LogP) is 1.80. The SMILES string of the molecule is CCCNCc1cnc(C2CCCOC2)[nH]1. The zero-order valence-corrected chi connectivity index (χ0v) is 9.96. The van der Waals surface area contributed by atoms with Crippen molar-refractivity contribution in [3.63, 3.8) is 0 Å². The largest absolute Gasteiger partial charge is 0.381 e. The topological polar surface area (TPSA) is 49.9 Å². The van der Waals surface area contributed by atoms with Crippen molar-refractivity contribution in [3.05, 3.63) is 17.7 Å². The maximum atomic E-state index is 5.47. The Bertz CT molecular complexity index is 305. The van der Waals surface area contributed by atoms with Crippen molar-refractivity contribution in [2.45, 2.75) is 38.6 Å². The molecule has 1 aromatic rings. The maximum absolute atomic E-state index is 5.47. The molecule has 1 aromatic heterocycles.